The normalized spacial score (nSPS) is 21.5. The highest BCUT2D eigenvalue weighted by Crippen LogP contribution is 2.27. The number of aromatic nitrogens is 4. The number of carbonyl (C=O) groups excluding carboxylic acids is 1. The van der Waals surface area contributed by atoms with Crippen LogP contribution in [-0.2, 0) is 13.6 Å². The van der Waals surface area contributed by atoms with Crippen molar-refractivity contribution in [1.82, 2.24) is 29.5 Å². The maximum absolute atomic E-state index is 12.8. The second-order valence-corrected chi connectivity index (χ2v) is 7.62. The zero-order valence-electron chi connectivity index (χ0n) is 15.7. The molecule has 2 aromatic heterocycles. The molecule has 1 N–H and O–H groups in total. The summed E-state index contributed by atoms with van der Waals surface area (Å²) < 4.78 is 2.15. The number of piperidine rings is 1. The zero-order valence-corrected chi connectivity index (χ0v) is 15.7. The number of aromatic amines is 1. The van der Waals surface area contributed by atoms with E-state index in [1.165, 1.54) is 12.8 Å². The van der Waals surface area contributed by atoms with E-state index < -0.39 is 0 Å². The summed E-state index contributed by atoms with van der Waals surface area (Å²) in [5.74, 6) is 2.43. The van der Waals surface area contributed by atoms with Gasteiger partial charge in [-0.25, -0.2) is 0 Å². The molecule has 2 aliphatic rings. The summed E-state index contributed by atoms with van der Waals surface area (Å²) in [6.07, 6.45) is 6.46. The van der Waals surface area contributed by atoms with Gasteiger partial charge in [0.1, 0.15) is 11.6 Å². The fourth-order valence-corrected chi connectivity index (χ4v) is 4.24. The van der Waals surface area contributed by atoms with Crippen molar-refractivity contribution >= 4 is 5.91 Å². The molecule has 2 aliphatic heterocycles. The lowest BCUT2D eigenvalue weighted by Crippen LogP contribution is -2.39. The van der Waals surface area contributed by atoms with Crippen molar-refractivity contribution in [3.63, 3.8) is 0 Å². The van der Waals surface area contributed by atoms with Gasteiger partial charge in [-0.05, 0) is 51.8 Å². The average molecular weight is 356 g/mol. The first-order valence-corrected chi connectivity index (χ1v) is 9.67. The van der Waals surface area contributed by atoms with Gasteiger partial charge in [0, 0.05) is 37.9 Å². The Morgan fingerprint density at radius 1 is 1.23 bits per heavy atom. The van der Waals surface area contributed by atoms with Crippen LogP contribution < -0.4 is 0 Å². The largest absolute Gasteiger partial charge is 0.365 e. The molecular weight excluding hydrogens is 328 g/mol. The fraction of sp³-hybridized carbons (Fsp3) is 0.632. The van der Waals surface area contributed by atoms with Gasteiger partial charge in [-0.3, -0.25) is 9.69 Å². The summed E-state index contributed by atoms with van der Waals surface area (Å²) in [6.45, 7) is 6.68. The lowest BCUT2D eigenvalue weighted by Gasteiger charge is -2.32. The number of rotatable bonds is 4. The zero-order chi connectivity index (χ0) is 18.1. The summed E-state index contributed by atoms with van der Waals surface area (Å²) in [7, 11) is 2.07. The smallest absolute Gasteiger partial charge is 0.255 e. The molecule has 0 saturated carbocycles. The van der Waals surface area contributed by atoms with Gasteiger partial charge < -0.3 is 14.5 Å². The van der Waals surface area contributed by atoms with Crippen LogP contribution in [0.2, 0.25) is 0 Å². The monoisotopic (exact) mass is 356 g/mol. The quantitative estimate of drug-likeness (QED) is 0.910. The lowest BCUT2D eigenvalue weighted by atomic mass is 9.96. The molecule has 2 fully saturated rings. The Balaban J connectivity index is 1.47. The van der Waals surface area contributed by atoms with Crippen LogP contribution in [0.5, 0.6) is 0 Å². The van der Waals surface area contributed by atoms with Crippen LogP contribution in [0.15, 0.2) is 12.3 Å². The first-order valence-electron chi connectivity index (χ1n) is 9.67. The van der Waals surface area contributed by atoms with Crippen LogP contribution in [0.4, 0.5) is 0 Å². The van der Waals surface area contributed by atoms with E-state index in [0.717, 1.165) is 68.5 Å². The molecule has 1 atom stereocenters. The van der Waals surface area contributed by atoms with E-state index in [1.54, 1.807) is 0 Å². The second kappa shape index (κ2) is 7.23. The van der Waals surface area contributed by atoms with E-state index in [0.29, 0.717) is 0 Å². The Hall–Kier alpha value is -2.15. The van der Waals surface area contributed by atoms with Crippen molar-refractivity contribution in [1.29, 1.82) is 0 Å². The number of nitrogens with one attached hydrogen (secondary N) is 1. The summed E-state index contributed by atoms with van der Waals surface area (Å²) in [6, 6.07) is 1.87. The molecule has 26 heavy (non-hydrogen) atoms. The number of nitrogens with zero attached hydrogens (tertiary/aromatic N) is 5. The Kier molecular flexibility index (Phi) is 4.80. The molecule has 7 heteroatoms. The summed E-state index contributed by atoms with van der Waals surface area (Å²) in [5, 5.41) is 8.95. The average Bonchev–Trinajstić information content (AvgIpc) is 3.38. The molecule has 1 amide bonds. The predicted molar refractivity (Wildman–Crippen MR) is 98.9 cm³/mol. The highest BCUT2D eigenvalue weighted by molar-refractivity contribution is 5.95. The van der Waals surface area contributed by atoms with Gasteiger partial charge in [0.15, 0.2) is 0 Å². The van der Waals surface area contributed by atoms with Crippen molar-refractivity contribution in [3.8, 4) is 0 Å². The highest BCUT2D eigenvalue weighted by Gasteiger charge is 2.30. The van der Waals surface area contributed by atoms with Crippen molar-refractivity contribution < 1.29 is 4.79 Å². The van der Waals surface area contributed by atoms with Gasteiger partial charge in [0.25, 0.3) is 5.91 Å². The first-order chi connectivity index (χ1) is 12.6. The maximum atomic E-state index is 12.8. The van der Waals surface area contributed by atoms with E-state index in [1.807, 2.05) is 24.1 Å². The summed E-state index contributed by atoms with van der Waals surface area (Å²) in [4.78, 5) is 20.3. The van der Waals surface area contributed by atoms with Crippen LogP contribution >= 0.6 is 0 Å². The third-order valence-electron chi connectivity index (χ3n) is 5.82. The Bertz CT molecular complexity index is 773. The third-order valence-corrected chi connectivity index (χ3v) is 5.82. The van der Waals surface area contributed by atoms with Crippen LogP contribution in [0.25, 0.3) is 0 Å². The van der Waals surface area contributed by atoms with Crippen LogP contribution in [-0.4, -0.2) is 61.6 Å². The van der Waals surface area contributed by atoms with Gasteiger partial charge in [-0.2, -0.15) is 0 Å². The Morgan fingerprint density at radius 2 is 2.04 bits per heavy atom. The van der Waals surface area contributed by atoms with Gasteiger partial charge >= 0.3 is 0 Å². The molecule has 0 aliphatic carbocycles. The molecule has 0 radical (unpaired) electrons. The van der Waals surface area contributed by atoms with Crippen LogP contribution in [0.3, 0.4) is 0 Å². The SMILES string of the molecule is Cc1[nH]ccc1C(=O)N1CCCC(c2nnc(CN3CCCC3)n2C)C1. The van der Waals surface area contributed by atoms with E-state index >= 15 is 0 Å². The first kappa shape index (κ1) is 17.3. The minimum absolute atomic E-state index is 0.118. The number of aryl methyl sites for hydroxylation is 1. The molecule has 1 unspecified atom stereocenters. The second-order valence-electron chi connectivity index (χ2n) is 7.62. The molecule has 0 bridgehead atoms. The van der Waals surface area contributed by atoms with E-state index in [2.05, 4.69) is 31.7 Å². The molecule has 0 aromatic carbocycles. The van der Waals surface area contributed by atoms with Crippen molar-refractivity contribution in [2.75, 3.05) is 26.2 Å². The lowest BCUT2D eigenvalue weighted by molar-refractivity contribution is 0.0703. The molecule has 7 nitrogen and oxygen atoms in total. The van der Waals surface area contributed by atoms with Gasteiger partial charge in [-0.15, -0.1) is 10.2 Å². The molecule has 4 rings (SSSR count). The predicted octanol–water partition coefficient (Wildman–Crippen LogP) is 2.07. The van der Waals surface area contributed by atoms with Crippen LogP contribution in [0.1, 0.15) is 59.3 Å². The topological polar surface area (TPSA) is 70.1 Å². The number of H-pyrrole nitrogens is 1. The number of carbonyl (C=O) groups is 1. The number of likely N-dealkylation sites (tertiary alicyclic amines) is 2. The molecule has 2 saturated heterocycles. The molecule has 0 spiro atoms. The number of hydrogen-bond donors (Lipinski definition) is 1. The molecule has 4 heterocycles. The fourth-order valence-electron chi connectivity index (χ4n) is 4.24. The van der Waals surface area contributed by atoms with E-state index in [4.69, 9.17) is 0 Å². The third kappa shape index (κ3) is 3.28. The van der Waals surface area contributed by atoms with Crippen molar-refractivity contribution in [2.24, 2.45) is 7.05 Å². The van der Waals surface area contributed by atoms with Crippen molar-refractivity contribution in [2.45, 2.75) is 45.1 Å². The summed E-state index contributed by atoms with van der Waals surface area (Å²) >= 11 is 0. The van der Waals surface area contributed by atoms with E-state index in [9.17, 15) is 4.79 Å². The van der Waals surface area contributed by atoms with E-state index in [-0.39, 0.29) is 11.8 Å². The molecule has 2 aromatic rings. The Morgan fingerprint density at radius 3 is 2.77 bits per heavy atom. The Labute approximate surface area is 154 Å². The van der Waals surface area contributed by atoms with Gasteiger partial charge in [0.2, 0.25) is 0 Å². The van der Waals surface area contributed by atoms with Gasteiger partial charge in [0.05, 0.1) is 12.1 Å². The number of amides is 1. The maximum Gasteiger partial charge on any atom is 0.255 e. The van der Waals surface area contributed by atoms with Crippen LogP contribution in [0, 0.1) is 6.92 Å². The number of hydrogen-bond acceptors (Lipinski definition) is 4. The molecular formula is C19H28N6O. The standard InChI is InChI=1S/C19H28N6O/c1-14-16(7-8-20-14)19(26)25-11-5-6-15(12-25)18-22-21-17(23(18)2)13-24-9-3-4-10-24/h7-8,15,20H,3-6,9-13H2,1-2H3. The molecule has 140 valence electrons. The minimum atomic E-state index is 0.118. The summed E-state index contributed by atoms with van der Waals surface area (Å²) in [5.41, 5.74) is 1.71. The van der Waals surface area contributed by atoms with Crippen molar-refractivity contribution in [3.05, 3.63) is 35.2 Å². The van der Waals surface area contributed by atoms with Gasteiger partial charge in [-0.1, -0.05) is 0 Å². The highest BCUT2D eigenvalue weighted by atomic mass is 16.2. The minimum Gasteiger partial charge on any atom is -0.365 e.